The molecule has 0 aromatic carbocycles. The van der Waals surface area contributed by atoms with E-state index in [1.54, 1.807) is 0 Å². The van der Waals surface area contributed by atoms with E-state index in [2.05, 4.69) is 0 Å². The third kappa shape index (κ3) is 1.45. The molecule has 18 heavy (non-hydrogen) atoms. The van der Waals surface area contributed by atoms with E-state index in [0.29, 0.717) is 13.1 Å². The summed E-state index contributed by atoms with van der Waals surface area (Å²) in [5, 5.41) is 18.6. The number of aliphatic hydroxyl groups is 2. The van der Waals surface area contributed by atoms with Crippen molar-refractivity contribution in [2.75, 3.05) is 26.6 Å². The number of rotatable bonds is 4. The van der Waals surface area contributed by atoms with Crippen LogP contribution in [0.25, 0.3) is 0 Å². The molecule has 2 heterocycles. The monoisotopic (exact) mass is 258 g/mol. The van der Waals surface area contributed by atoms with Crippen molar-refractivity contribution >= 4 is 12.1 Å². The number of amides is 4. The lowest BCUT2D eigenvalue weighted by Gasteiger charge is -2.27. The van der Waals surface area contributed by atoms with Crippen LogP contribution in [0.4, 0.5) is 9.59 Å². The lowest BCUT2D eigenvalue weighted by molar-refractivity contribution is 0.0257. The highest BCUT2D eigenvalue weighted by molar-refractivity contribution is 5.85. The Morgan fingerprint density at radius 3 is 1.44 bits per heavy atom. The highest BCUT2D eigenvalue weighted by Crippen LogP contribution is 2.33. The molecule has 0 aromatic rings. The SMILES string of the molecule is CCN1C(=O)N(CO)C2C1N(CC)C(=O)N2CO. The average Bonchev–Trinajstić information content (AvgIpc) is 2.78. The van der Waals surface area contributed by atoms with Crippen molar-refractivity contribution in [1.29, 1.82) is 0 Å². The molecule has 2 aliphatic rings. The largest absolute Gasteiger partial charge is 0.376 e. The maximum atomic E-state index is 12.1. The lowest BCUT2D eigenvalue weighted by Crippen LogP contribution is -2.47. The maximum absolute atomic E-state index is 12.1. The Balaban J connectivity index is 2.41. The lowest BCUT2D eigenvalue weighted by atomic mass is 10.3. The van der Waals surface area contributed by atoms with E-state index < -0.39 is 25.8 Å². The van der Waals surface area contributed by atoms with Crippen molar-refractivity contribution in [3.63, 3.8) is 0 Å². The standard InChI is InChI=1S/C10H18N4O4/c1-3-11-7-8(13(5-15)9(11)17)14(6-16)10(18)12(7)4-2/h7-8,15-16H,3-6H2,1-2H3. The fourth-order valence-corrected chi connectivity index (χ4v) is 2.70. The van der Waals surface area contributed by atoms with Gasteiger partial charge < -0.3 is 20.0 Å². The molecule has 0 bridgehead atoms. The first kappa shape index (κ1) is 12.9. The first-order chi connectivity index (χ1) is 8.62. The molecule has 2 N–H and O–H groups in total. The number of hydrogen-bond donors (Lipinski definition) is 2. The topological polar surface area (TPSA) is 87.6 Å². The normalized spacial score (nSPS) is 27.6. The van der Waals surface area contributed by atoms with Crippen LogP contribution in [-0.4, -0.2) is 80.8 Å². The van der Waals surface area contributed by atoms with Crippen molar-refractivity contribution in [3.8, 4) is 0 Å². The van der Waals surface area contributed by atoms with Gasteiger partial charge in [-0.1, -0.05) is 0 Å². The summed E-state index contributed by atoms with van der Waals surface area (Å²) in [4.78, 5) is 29.5. The smallest absolute Gasteiger partial charge is 0.325 e. The number of carbonyl (C=O) groups excluding carboxylic acids is 2. The van der Waals surface area contributed by atoms with Gasteiger partial charge in [0.25, 0.3) is 0 Å². The molecule has 0 saturated carbocycles. The summed E-state index contributed by atoms with van der Waals surface area (Å²) < 4.78 is 0. The van der Waals surface area contributed by atoms with Gasteiger partial charge in [-0.15, -0.1) is 0 Å². The van der Waals surface area contributed by atoms with Crippen LogP contribution >= 0.6 is 0 Å². The molecular weight excluding hydrogens is 240 g/mol. The van der Waals surface area contributed by atoms with Crippen molar-refractivity contribution in [3.05, 3.63) is 0 Å². The van der Waals surface area contributed by atoms with Crippen LogP contribution in [0.2, 0.25) is 0 Å². The van der Waals surface area contributed by atoms with E-state index in [1.807, 2.05) is 13.8 Å². The summed E-state index contributed by atoms with van der Waals surface area (Å²) >= 11 is 0. The predicted molar refractivity (Wildman–Crippen MR) is 61.0 cm³/mol. The fraction of sp³-hybridized carbons (Fsp3) is 0.800. The van der Waals surface area contributed by atoms with Crippen LogP contribution in [-0.2, 0) is 0 Å². The number of likely N-dealkylation sites (N-methyl/N-ethyl adjacent to an activating group) is 2. The van der Waals surface area contributed by atoms with E-state index in [0.717, 1.165) is 0 Å². The van der Waals surface area contributed by atoms with E-state index in [1.165, 1.54) is 19.6 Å². The van der Waals surface area contributed by atoms with Crippen LogP contribution in [0.15, 0.2) is 0 Å². The summed E-state index contributed by atoms with van der Waals surface area (Å²) in [5.41, 5.74) is 0. The molecule has 8 nitrogen and oxygen atoms in total. The quantitative estimate of drug-likeness (QED) is 0.681. The molecule has 2 aliphatic heterocycles. The Labute approximate surface area is 105 Å². The molecule has 8 heteroatoms. The average molecular weight is 258 g/mol. The highest BCUT2D eigenvalue weighted by atomic mass is 16.3. The van der Waals surface area contributed by atoms with E-state index in [9.17, 15) is 19.8 Å². The molecule has 0 aliphatic carbocycles. The third-order valence-electron chi connectivity index (χ3n) is 3.51. The molecule has 2 saturated heterocycles. The van der Waals surface area contributed by atoms with Gasteiger partial charge in [-0.25, -0.2) is 9.59 Å². The number of fused-ring (bicyclic) bond motifs is 1. The van der Waals surface area contributed by atoms with Crippen LogP contribution in [0.1, 0.15) is 13.8 Å². The molecular formula is C10H18N4O4. The summed E-state index contributed by atoms with van der Waals surface area (Å²) in [7, 11) is 0. The van der Waals surface area contributed by atoms with Crippen molar-refractivity contribution in [2.45, 2.75) is 26.2 Å². The molecule has 4 amide bonds. The van der Waals surface area contributed by atoms with Gasteiger partial charge in [-0.05, 0) is 13.8 Å². The van der Waals surface area contributed by atoms with E-state index in [4.69, 9.17) is 0 Å². The zero-order valence-corrected chi connectivity index (χ0v) is 10.5. The Kier molecular flexibility index (Phi) is 3.31. The van der Waals surface area contributed by atoms with Gasteiger partial charge in [0.2, 0.25) is 0 Å². The second-order valence-corrected chi connectivity index (χ2v) is 4.19. The second-order valence-electron chi connectivity index (χ2n) is 4.19. The van der Waals surface area contributed by atoms with Crippen molar-refractivity contribution in [1.82, 2.24) is 19.6 Å². The Morgan fingerprint density at radius 1 is 0.833 bits per heavy atom. The molecule has 0 aromatic heterocycles. The van der Waals surface area contributed by atoms with Crippen LogP contribution in [0.3, 0.4) is 0 Å². The van der Waals surface area contributed by atoms with Gasteiger partial charge in [0, 0.05) is 13.1 Å². The number of aliphatic hydroxyl groups excluding tert-OH is 2. The fourth-order valence-electron chi connectivity index (χ4n) is 2.70. The molecule has 0 atom stereocenters. The summed E-state index contributed by atoms with van der Waals surface area (Å²) in [5.74, 6) is 0. The maximum Gasteiger partial charge on any atom is 0.325 e. The second kappa shape index (κ2) is 4.62. The molecule has 0 radical (unpaired) electrons. The molecule has 2 fully saturated rings. The zero-order valence-electron chi connectivity index (χ0n) is 10.5. The number of hydrogen-bond acceptors (Lipinski definition) is 4. The van der Waals surface area contributed by atoms with Crippen LogP contribution in [0.5, 0.6) is 0 Å². The van der Waals surface area contributed by atoms with Gasteiger partial charge >= 0.3 is 12.1 Å². The number of urea groups is 2. The van der Waals surface area contributed by atoms with Gasteiger partial charge in [0.15, 0.2) is 6.17 Å². The molecule has 0 unspecified atom stereocenters. The van der Waals surface area contributed by atoms with Gasteiger partial charge in [0.1, 0.15) is 19.6 Å². The van der Waals surface area contributed by atoms with E-state index >= 15 is 0 Å². The number of nitrogens with zero attached hydrogens (tertiary/aromatic N) is 4. The number of carbonyl (C=O) groups is 2. The minimum atomic E-state index is -0.625. The Morgan fingerprint density at radius 2 is 1.17 bits per heavy atom. The minimum absolute atomic E-state index is 0.320. The third-order valence-corrected chi connectivity index (χ3v) is 3.51. The van der Waals surface area contributed by atoms with E-state index in [-0.39, 0.29) is 12.1 Å². The minimum Gasteiger partial charge on any atom is -0.376 e. The Hall–Kier alpha value is -1.54. The van der Waals surface area contributed by atoms with Gasteiger partial charge in [-0.2, -0.15) is 0 Å². The Bertz CT molecular complexity index is 302. The van der Waals surface area contributed by atoms with Crippen LogP contribution in [0, 0.1) is 0 Å². The van der Waals surface area contributed by atoms with Crippen LogP contribution < -0.4 is 0 Å². The van der Waals surface area contributed by atoms with Gasteiger partial charge in [0.05, 0.1) is 0 Å². The molecule has 0 spiro atoms. The summed E-state index contributed by atoms with van der Waals surface area (Å²) in [6.07, 6.45) is -1.07. The zero-order chi connectivity index (χ0) is 13.4. The first-order valence-corrected chi connectivity index (χ1v) is 5.98. The highest BCUT2D eigenvalue weighted by Gasteiger charge is 2.57. The first-order valence-electron chi connectivity index (χ1n) is 5.98. The van der Waals surface area contributed by atoms with Gasteiger partial charge in [-0.3, -0.25) is 9.80 Å². The molecule has 2 rings (SSSR count). The summed E-state index contributed by atoms with van der Waals surface area (Å²) in [6.45, 7) is 3.57. The van der Waals surface area contributed by atoms with Crippen molar-refractivity contribution < 1.29 is 19.8 Å². The predicted octanol–water partition coefficient (Wildman–Crippen LogP) is -0.947. The summed E-state index contributed by atoms with van der Waals surface area (Å²) in [6, 6.07) is -0.640. The van der Waals surface area contributed by atoms with Crippen molar-refractivity contribution in [2.24, 2.45) is 0 Å². The molecule has 102 valence electrons.